The van der Waals surface area contributed by atoms with Gasteiger partial charge >= 0.3 is 0 Å². The molecule has 3 N–H and O–H groups in total. The number of aliphatic hydroxyl groups is 3. The number of rotatable bonds is 4. The van der Waals surface area contributed by atoms with Crippen LogP contribution in [0.25, 0.3) is 0 Å². The molecule has 2 rings (SSSR count). The van der Waals surface area contributed by atoms with Gasteiger partial charge in [-0.3, -0.25) is 14.5 Å². The topological polar surface area (TPSA) is 98.1 Å². The average Bonchev–Trinajstić information content (AvgIpc) is 2.64. The van der Waals surface area contributed by atoms with E-state index in [1.165, 1.54) is 0 Å². The molecule has 6 heteroatoms. The van der Waals surface area contributed by atoms with Gasteiger partial charge < -0.3 is 15.3 Å². The molecule has 0 aromatic heterocycles. The van der Waals surface area contributed by atoms with E-state index in [4.69, 9.17) is 0 Å². The molecule has 1 heterocycles. The van der Waals surface area contributed by atoms with Crippen molar-refractivity contribution in [2.24, 2.45) is 5.41 Å². The zero-order chi connectivity index (χ0) is 14.8. The number of amides is 2. The second kappa shape index (κ2) is 5.79. The van der Waals surface area contributed by atoms with E-state index in [0.29, 0.717) is 12.8 Å². The van der Waals surface area contributed by atoms with Gasteiger partial charge in [0.1, 0.15) is 5.54 Å². The summed E-state index contributed by atoms with van der Waals surface area (Å²) >= 11 is 0. The zero-order valence-corrected chi connectivity index (χ0v) is 11.7. The quantitative estimate of drug-likeness (QED) is 0.622. The molecule has 2 amide bonds. The van der Waals surface area contributed by atoms with Crippen molar-refractivity contribution in [1.29, 1.82) is 0 Å². The van der Waals surface area contributed by atoms with Gasteiger partial charge in [-0.2, -0.15) is 0 Å². The summed E-state index contributed by atoms with van der Waals surface area (Å²) in [5, 5.41) is 28.3. The van der Waals surface area contributed by atoms with Crippen molar-refractivity contribution >= 4 is 11.8 Å². The predicted molar refractivity (Wildman–Crippen MR) is 70.6 cm³/mol. The molecule has 114 valence electrons. The SMILES string of the molecule is O=C1CC2(CCCCCC2)C(=O)N1C(CO)(CO)CO. The summed E-state index contributed by atoms with van der Waals surface area (Å²) in [4.78, 5) is 25.9. The van der Waals surface area contributed by atoms with E-state index in [0.717, 1.165) is 30.6 Å². The van der Waals surface area contributed by atoms with Crippen LogP contribution in [0.15, 0.2) is 0 Å². The third-order valence-corrected chi connectivity index (χ3v) is 4.81. The number of likely N-dealkylation sites (tertiary alicyclic amines) is 1. The van der Waals surface area contributed by atoms with Crippen molar-refractivity contribution < 1.29 is 24.9 Å². The first-order valence-corrected chi connectivity index (χ1v) is 7.25. The second-order valence-electron chi connectivity index (χ2n) is 6.10. The molecule has 6 nitrogen and oxygen atoms in total. The Morgan fingerprint density at radius 1 is 0.950 bits per heavy atom. The van der Waals surface area contributed by atoms with Crippen LogP contribution in [0.5, 0.6) is 0 Å². The number of hydrogen-bond donors (Lipinski definition) is 3. The Hall–Kier alpha value is -0.980. The van der Waals surface area contributed by atoms with Gasteiger partial charge in [-0.25, -0.2) is 0 Å². The van der Waals surface area contributed by atoms with Gasteiger partial charge in [0, 0.05) is 6.42 Å². The Morgan fingerprint density at radius 2 is 1.45 bits per heavy atom. The van der Waals surface area contributed by atoms with E-state index in [1.807, 2.05) is 0 Å². The molecule has 0 atom stereocenters. The van der Waals surface area contributed by atoms with Crippen LogP contribution < -0.4 is 0 Å². The lowest BCUT2D eigenvalue weighted by molar-refractivity contribution is -0.156. The summed E-state index contributed by atoms with van der Waals surface area (Å²) in [5.74, 6) is -0.726. The van der Waals surface area contributed by atoms with Crippen LogP contribution in [0.2, 0.25) is 0 Å². The monoisotopic (exact) mass is 285 g/mol. The largest absolute Gasteiger partial charge is 0.394 e. The summed E-state index contributed by atoms with van der Waals surface area (Å²) in [6.45, 7) is -1.89. The molecular weight excluding hydrogens is 262 g/mol. The van der Waals surface area contributed by atoms with Gasteiger partial charge in [0.25, 0.3) is 0 Å². The number of carbonyl (C=O) groups excluding carboxylic acids is 2. The van der Waals surface area contributed by atoms with E-state index < -0.39 is 36.7 Å². The van der Waals surface area contributed by atoms with Gasteiger partial charge in [0.15, 0.2) is 0 Å². The van der Waals surface area contributed by atoms with Crippen LogP contribution in [-0.2, 0) is 9.59 Å². The second-order valence-corrected chi connectivity index (χ2v) is 6.10. The fraction of sp³-hybridized carbons (Fsp3) is 0.857. The van der Waals surface area contributed by atoms with Crippen molar-refractivity contribution in [3.63, 3.8) is 0 Å². The fourth-order valence-electron chi connectivity index (χ4n) is 3.43. The predicted octanol–water partition coefficient (Wildman–Crippen LogP) is -0.198. The summed E-state index contributed by atoms with van der Waals surface area (Å²) in [6.07, 6.45) is 5.43. The Labute approximate surface area is 118 Å². The van der Waals surface area contributed by atoms with Gasteiger partial charge in [0.05, 0.1) is 25.2 Å². The highest BCUT2D eigenvalue weighted by Gasteiger charge is 2.57. The number of carbonyl (C=O) groups is 2. The number of nitrogens with zero attached hydrogens (tertiary/aromatic N) is 1. The molecule has 1 saturated carbocycles. The Bertz CT molecular complexity index is 375. The molecule has 1 aliphatic heterocycles. The number of imide groups is 1. The molecule has 0 aromatic rings. The summed E-state index contributed by atoms with van der Waals surface area (Å²) in [5.41, 5.74) is -2.26. The summed E-state index contributed by atoms with van der Waals surface area (Å²) < 4.78 is 0. The smallest absolute Gasteiger partial charge is 0.236 e. The van der Waals surface area contributed by atoms with Gasteiger partial charge in [-0.1, -0.05) is 25.7 Å². The van der Waals surface area contributed by atoms with Crippen LogP contribution in [0.3, 0.4) is 0 Å². The minimum absolute atomic E-state index is 0.133. The molecule has 1 aliphatic carbocycles. The average molecular weight is 285 g/mol. The van der Waals surface area contributed by atoms with E-state index in [1.54, 1.807) is 0 Å². The van der Waals surface area contributed by atoms with Crippen molar-refractivity contribution in [1.82, 2.24) is 4.90 Å². The normalized spacial score (nSPS) is 23.4. The van der Waals surface area contributed by atoms with Crippen LogP contribution in [0.4, 0.5) is 0 Å². The van der Waals surface area contributed by atoms with E-state index >= 15 is 0 Å². The fourth-order valence-corrected chi connectivity index (χ4v) is 3.43. The van der Waals surface area contributed by atoms with E-state index in [-0.39, 0.29) is 12.3 Å². The third kappa shape index (κ3) is 2.25. The maximum atomic E-state index is 12.7. The molecule has 0 bridgehead atoms. The Morgan fingerprint density at radius 3 is 1.90 bits per heavy atom. The number of aliphatic hydroxyl groups excluding tert-OH is 3. The molecule has 2 aliphatic rings. The first-order valence-electron chi connectivity index (χ1n) is 7.25. The Kier molecular flexibility index (Phi) is 4.46. The van der Waals surface area contributed by atoms with E-state index in [2.05, 4.69) is 0 Å². The van der Waals surface area contributed by atoms with Crippen LogP contribution in [0, 0.1) is 5.41 Å². The van der Waals surface area contributed by atoms with Crippen LogP contribution >= 0.6 is 0 Å². The highest BCUT2D eigenvalue weighted by molar-refractivity contribution is 6.06. The Balaban J connectivity index is 2.32. The number of hydrogen-bond acceptors (Lipinski definition) is 5. The molecule has 20 heavy (non-hydrogen) atoms. The third-order valence-electron chi connectivity index (χ3n) is 4.81. The lowest BCUT2D eigenvalue weighted by Crippen LogP contribution is -2.60. The molecule has 1 saturated heterocycles. The highest BCUT2D eigenvalue weighted by Crippen LogP contribution is 2.46. The van der Waals surface area contributed by atoms with Gasteiger partial charge in [-0.05, 0) is 12.8 Å². The summed E-state index contributed by atoms with van der Waals surface area (Å²) in [6, 6.07) is 0. The lowest BCUT2D eigenvalue weighted by Gasteiger charge is -2.37. The van der Waals surface area contributed by atoms with Crippen LogP contribution in [-0.4, -0.2) is 57.4 Å². The molecule has 0 aromatic carbocycles. The maximum Gasteiger partial charge on any atom is 0.236 e. The summed E-state index contributed by atoms with van der Waals surface area (Å²) in [7, 11) is 0. The minimum Gasteiger partial charge on any atom is -0.394 e. The molecular formula is C14H23NO5. The van der Waals surface area contributed by atoms with Crippen LogP contribution in [0.1, 0.15) is 44.9 Å². The first kappa shape index (κ1) is 15.4. The molecule has 1 spiro atoms. The van der Waals surface area contributed by atoms with Crippen molar-refractivity contribution in [3.05, 3.63) is 0 Å². The minimum atomic E-state index is -1.58. The van der Waals surface area contributed by atoms with Gasteiger partial charge in [-0.15, -0.1) is 0 Å². The molecule has 2 fully saturated rings. The molecule has 0 unspecified atom stereocenters. The van der Waals surface area contributed by atoms with Gasteiger partial charge in [0.2, 0.25) is 11.8 Å². The first-order chi connectivity index (χ1) is 9.55. The molecule has 0 radical (unpaired) electrons. The standard InChI is InChI=1S/C14H23NO5/c16-8-14(9-17,10-18)15-11(19)7-13(12(15)20)5-3-1-2-4-6-13/h16-18H,1-10H2. The van der Waals surface area contributed by atoms with E-state index in [9.17, 15) is 24.9 Å². The van der Waals surface area contributed by atoms with Crippen molar-refractivity contribution in [2.75, 3.05) is 19.8 Å². The highest BCUT2D eigenvalue weighted by atomic mass is 16.3. The lowest BCUT2D eigenvalue weighted by atomic mass is 9.78. The van der Waals surface area contributed by atoms with Crippen molar-refractivity contribution in [3.8, 4) is 0 Å². The zero-order valence-electron chi connectivity index (χ0n) is 11.7. The maximum absolute atomic E-state index is 12.7. The van der Waals surface area contributed by atoms with Crippen molar-refractivity contribution in [2.45, 2.75) is 50.5 Å².